The molecule has 0 amide bonds. The van der Waals surface area contributed by atoms with Crippen molar-refractivity contribution >= 4 is 11.6 Å². The average molecular weight is 221 g/mol. The smallest absolute Gasteiger partial charge is 0.273 e. The van der Waals surface area contributed by atoms with Gasteiger partial charge < -0.3 is 0 Å². The Bertz CT molecular complexity index is 548. The second-order valence-electron chi connectivity index (χ2n) is 3.24. The summed E-state index contributed by atoms with van der Waals surface area (Å²) in [4.78, 5) is 15.2. The van der Waals surface area contributed by atoms with E-state index >= 15 is 0 Å². The van der Waals surface area contributed by atoms with Gasteiger partial charge in [0.05, 0.1) is 16.9 Å². The third-order valence-electron chi connectivity index (χ3n) is 2.09. The summed E-state index contributed by atoms with van der Waals surface area (Å²) in [6, 6.07) is 5.55. The number of hydrogen-bond acceptors (Lipinski definition) is 2. The summed E-state index contributed by atoms with van der Waals surface area (Å²) in [5.41, 5.74) is 1.55. The number of aryl methyl sites for hydroxylation is 1. The molecule has 0 N–H and O–H groups in total. The van der Waals surface area contributed by atoms with Crippen LogP contribution in [-0.2, 0) is 0 Å². The van der Waals surface area contributed by atoms with E-state index in [0.717, 1.165) is 5.56 Å². The van der Waals surface area contributed by atoms with Crippen LogP contribution < -0.4 is 5.56 Å². The fourth-order valence-corrected chi connectivity index (χ4v) is 1.68. The second-order valence-corrected chi connectivity index (χ2v) is 3.65. The first-order valence-corrected chi connectivity index (χ1v) is 4.85. The lowest BCUT2D eigenvalue weighted by Gasteiger charge is -2.07. The van der Waals surface area contributed by atoms with Gasteiger partial charge in [0.1, 0.15) is 0 Å². The molecule has 1 heterocycles. The van der Waals surface area contributed by atoms with Gasteiger partial charge in [-0.25, -0.2) is 0 Å². The van der Waals surface area contributed by atoms with Crippen LogP contribution in [0.15, 0.2) is 41.6 Å². The highest BCUT2D eigenvalue weighted by Gasteiger charge is 2.03. The van der Waals surface area contributed by atoms with Gasteiger partial charge in [0, 0.05) is 12.4 Å². The molecule has 3 nitrogen and oxygen atoms in total. The topological polar surface area (TPSA) is 34.9 Å². The van der Waals surface area contributed by atoms with Crippen molar-refractivity contribution in [3.63, 3.8) is 0 Å². The third-order valence-corrected chi connectivity index (χ3v) is 2.39. The van der Waals surface area contributed by atoms with Crippen LogP contribution in [0.2, 0.25) is 5.02 Å². The number of hydrogen-bond donors (Lipinski definition) is 0. The fourth-order valence-electron chi connectivity index (χ4n) is 1.35. The molecule has 1 aromatic carbocycles. The van der Waals surface area contributed by atoms with E-state index < -0.39 is 0 Å². The standard InChI is InChI=1S/C11H9ClN2O/c1-8-2-3-10(9(12)6-8)14-5-4-13-7-11(14)15/h2-7H,1H3. The van der Waals surface area contributed by atoms with Crippen LogP contribution in [0.25, 0.3) is 5.69 Å². The minimum absolute atomic E-state index is 0.191. The van der Waals surface area contributed by atoms with Crippen LogP contribution >= 0.6 is 11.6 Å². The Kier molecular flexibility index (Phi) is 2.56. The zero-order valence-corrected chi connectivity index (χ0v) is 8.90. The Morgan fingerprint density at radius 1 is 1.40 bits per heavy atom. The van der Waals surface area contributed by atoms with E-state index in [1.54, 1.807) is 12.4 Å². The van der Waals surface area contributed by atoms with Crippen LogP contribution in [-0.4, -0.2) is 9.55 Å². The number of halogens is 1. The van der Waals surface area contributed by atoms with E-state index in [1.807, 2.05) is 25.1 Å². The van der Waals surface area contributed by atoms with Crippen molar-refractivity contribution in [1.29, 1.82) is 0 Å². The zero-order valence-electron chi connectivity index (χ0n) is 8.14. The molecule has 4 heteroatoms. The molecule has 0 saturated carbocycles. The molecule has 0 unspecified atom stereocenters. The first kappa shape index (κ1) is 9.93. The maximum Gasteiger partial charge on any atom is 0.273 e. The molecule has 1 aromatic heterocycles. The quantitative estimate of drug-likeness (QED) is 0.739. The summed E-state index contributed by atoms with van der Waals surface area (Å²) in [5.74, 6) is 0. The van der Waals surface area contributed by atoms with Crippen molar-refractivity contribution in [2.75, 3.05) is 0 Å². The highest BCUT2D eigenvalue weighted by atomic mass is 35.5. The second kappa shape index (κ2) is 3.87. The highest BCUT2D eigenvalue weighted by Crippen LogP contribution is 2.19. The molecular formula is C11H9ClN2O. The Hall–Kier alpha value is -1.61. The summed E-state index contributed by atoms with van der Waals surface area (Å²) >= 11 is 6.06. The largest absolute Gasteiger partial charge is 0.280 e. The molecule has 0 saturated heterocycles. The molecule has 0 radical (unpaired) electrons. The molecule has 0 aliphatic heterocycles. The SMILES string of the molecule is Cc1ccc(-n2ccncc2=O)c(Cl)c1. The number of aromatic nitrogens is 2. The van der Waals surface area contributed by atoms with Crippen LogP contribution in [0.4, 0.5) is 0 Å². The summed E-state index contributed by atoms with van der Waals surface area (Å²) in [5, 5.41) is 0.559. The molecule has 0 spiro atoms. The van der Waals surface area contributed by atoms with Gasteiger partial charge in [-0.2, -0.15) is 0 Å². The molecular weight excluding hydrogens is 212 g/mol. The van der Waals surface area contributed by atoms with Gasteiger partial charge in [0.15, 0.2) is 0 Å². The van der Waals surface area contributed by atoms with Crippen LogP contribution in [0.5, 0.6) is 0 Å². The van der Waals surface area contributed by atoms with E-state index in [4.69, 9.17) is 11.6 Å². The van der Waals surface area contributed by atoms with Gasteiger partial charge in [0.2, 0.25) is 0 Å². The first-order chi connectivity index (χ1) is 7.18. The van der Waals surface area contributed by atoms with E-state index in [0.29, 0.717) is 10.7 Å². The van der Waals surface area contributed by atoms with E-state index in [2.05, 4.69) is 4.98 Å². The monoisotopic (exact) mass is 220 g/mol. The highest BCUT2D eigenvalue weighted by molar-refractivity contribution is 6.32. The van der Waals surface area contributed by atoms with Crippen molar-refractivity contribution in [3.05, 3.63) is 57.7 Å². The summed E-state index contributed by atoms with van der Waals surface area (Å²) in [6.07, 6.45) is 4.41. The third kappa shape index (κ3) is 1.92. The Balaban J connectivity index is 2.65. The summed E-state index contributed by atoms with van der Waals surface area (Å²) < 4.78 is 1.47. The van der Waals surface area contributed by atoms with Gasteiger partial charge in [0.25, 0.3) is 5.56 Å². The number of nitrogens with zero attached hydrogens (tertiary/aromatic N) is 2. The average Bonchev–Trinajstić information content (AvgIpc) is 2.20. The lowest BCUT2D eigenvalue weighted by molar-refractivity contribution is 0.955. The molecule has 0 atom stereocenters. The normalized spacial score (nSPS) is 10.3. The Morgan fingerprint density at radius 2 is 2.20 bits per heavy atom. The van der Waals surface area contributed by atoms with Crippen molar-refractivity contribution in [2.45, 2.75) is 6.92 Å². The van der Waals surface area contributed by atoms with Crippen molar-refractivity contribution in [3.8, 4) is 5.69 Å². The van der Waals surface area contributed by atoms with Gasteiger partial charge in [-0.1, -0.05) is 17.7 Å². The van der Waals surface area contributed by atoms with Crippen LogP contribution in [0, 0.1) is 6.92 Å². The predicted molar refractivity (Wildman–Crippen MR) is 59.6 cm³/mol. The summed E-state index contributed by atoms with van der Waals surface area (Å²) in [7, 11) is 0. The Labute approximate surface area is 92.0 Å². The molecule has 2 aromatic rings. The molecule has 0 fully saturated rings. The summed E-state index contributed by atoms with van der Waals surface area (Å²) in [6.45, 7) is 1.95. The number of rotatable bonds is 1. The first-order valence-electron chi connectivity index (χ1n) is 4.47. The molecule has 2 rings (SSSR count). The van der Waals surface area contributed by atoms with Gasteiger partial charge in [-0.3, -0.25) is 14.3 Å². The van der Waals surface area contributed by atoms with Crippen molar-refractivity contribution in [1.82, 2.24) is 9.55 Å². The molecule has 76 valence electrons. The van der Waals surface area contributed by atoms with Crippen molar-refractivity contribution < 1.29 is 0 Å². The maximum absolute atomic E-state index is 11.5. The fraction of sp³-hybridized carbons (Fsp3) is 0.0909. The lowest BCUT2D eigenvalue weighted by Crippen LogP contribution is -2.17. The zero-order chi connectivity index (χ0) is 10.8. The van der Waals surface area contributed by atoms with Crippen LogP contribution in [0.3, 0.4) is 0 Å². The van der Waals surface area contributed by atoms with E-state index in [-0.39, 0.29) is 5.56 Å². The lowest BCUT2D eigenvalue weighted by atomic mass is 10.2. The molecule has 0 aliphatic rings. The van der Waals surface area contributed by atoms with Gasteiger partial charge in [-0.15, -0.1) is 0 Å². The van der Waals surface area contributed by atoms with Crippen molar-refractivity contribution in [2.24, 2.45) is 0 Å². The van der Waals surface area contributed by atoms with E-state index in [9.17, 15) is 4.79 Å². The van der Waals surface area contributed by atoms with Gasteiger partial charge >= 0.3 is 0 Å². The van der Waals surface area contributed by atoms with Gasteiger partial charge in [-0.05, 0) is 24.6 Å². The minimum atomic E-state index is -0.191. The van der Waals surface area contributed by atoms with E-state index in [1.165, 1.54) is 10.8 Å². The number of benzene rings is 1. The van der Waals surface area contributed by atoms with Crippen LogP contribution in [0.1, 0.15) is 5.56 Å². The Morgan fingerprint density at radius 3 is 2.87 bits per heavy atom. The predicted octanol–water partition coefficient (Wildman–Crippen LogP) is 2.19. The molecule has 0 aliphatic carbocycles. The maximum atomic E-state index is 11.5. The molecule has 15 heavy (non-hydrogen) atoms. The minimum Gasteiger partial charge on any atom is -0.280 e. The molecule has 0 bridgehead atoms.